The number of ether oxygens (including phenoxy) is 11. The van der Waals surface area contributed by atoms with Gasteiger partial charge < -0.3 is 144 Å². The third-order valence-corrected chi connectivity index (χ3v) is 13.2. The molecule has 412 valence electrons. The Kier molecular flexibility index (Phi) is 20.2. The van der Waals surface area contributed by atoms with Crippen molar-refractivity contribution in [1.82, 2.24) is 10.6 Å². The zero-order chi connectivity index (χ0) is 52.5. The van der Waals surface area contributed by atoms with Gasteiger partial charge in [0, 0.05) is 13.8 Å². The van der Waals surface area contributed by atoms with Crippen molar-refractivity contribution in [3.8, 4) is 0 Å². The quantitative estimate of drug-likeness (QED) is 0.0682. The van der Waals surface area contributed by atoms with Crippen molar-refractivity contribution in [2.75, 3.05) is 26.4 Å². The van der Waals surface area contributed by atoms with E-state index < -0.39 is 222 Å². The van der Waals surface area contributed by atoms with Crippen molar-refractivity contribution in [1.29, 1.82) is 0 Å². The molecule has 0 aliphatic carbocycles. The maximum absolute atomic E-state index is 13.0. The first kappa shape index (κ1) is 58.1. The molecule has 31 nitrogen and oxygen atoms in total. The highest BCUT2D eigenvalue weighted by Crippen LogP contribution is 2.38. The summed E-state index contributed by atoms with van der Waals surface area (Å²) in [6.45, 7) is 0.720. The Morgan fingerprint density at radius 3 is 1.15 bits per heavy atom. The lowest BCUT2D eigenvalue weighted by Crippen LogP contribution is -2.71. The largest absolute Gasteiger partial charge is 0.394 e. The highest BCUT2D eigenvalue weighted by atomic mass is 16.8. The first-order valence-electron chi connectivity index (χ1n) is 22.8. The van der Waals surface area contributed by atoms with Crippen molar-refractivity contribution < 1.29 is 143 Å². The summed E-state index contributed by atoms with van der Waals surface area (Å²) in [6.07, 6.45) is -51.4. The minimum absolute atomic E-state index is 0.773. The minimum Gasteiger partial charge on any atom is -0.394 e. The molecule has 6 fully saturated rings. The molecule has 6 rings (SSSR count). The molecule has 2 amide bonds. The summed E-state index contributed by atoms with van der Waals surface area (Å²) in [7, 11) is 0. The Morgan fingerprint density at radius 2 is 0.704 bits per heavy atom. The number of nitrogens with one attached hydrogen (secondary N) is 2. The van der Waals surface area contributed by atoms with Gasteiger partial charge in [0.1, 0.15) is 134 Å². The molecule has 12 unspecified atom stereocenters. The SMILES string of the molecule is CC(=O)NC1[C@H](O[C@@H]2C(O)[C@H](O[C@@H]3C(CO)O[C@@H](O)C(NC(C)=O)[C@H]3O[C@@H]3OC(C)[C@@H](O)[C@H](O)C3O)OC(CO)[C@@H]2O)OC(CO)[C@@H](O[C@@H]2OC(CO)[C@H](O)[C@H](O)C2O)[C@@H]1O[C@@H]1OC(C)[C@@H](O)[C@H](O)C1O. The maximum atomic E-state index is 13.0. The van der Waals surface area contributed by atoms with Gasteiger partial charge in [0.2, 0.25) is 11.8 Å². The molecule has 0 aromatic rings. The molecule has 0 radical (unpaired) electrons. The van der Waals surface area contributed by atoms with Crippen LogP contribution in [0.2, 0.25) is 0 Å². The first-order valence-corrected chi connectivity index (χ1v) is 22.8. The molecule has 6 aliphatic rings. The monoisotopic (exact) mass is 1040 g/mol. The van der Waals surface area contributed by atoms with Gasteiger partial charge in [0.25, 0.3) is 0 Å². The van der Waals surface area contributed by atoms with Gasteiger partial charge in [0.15, 0.2) is 37.7 Å². The smallest absolute Gasteiger partial charge is 0.217 e. The molecule has 6 heterocycles. The van der Waals surface area contributed by atoms with Crippen LogP contribution in [-0.4, -0.2) is 304 Å². The zero-order valence-electron chi connectivity index (χ0n) is 38.6. The van der Waals surface area contributed by atoms with Crippen LogP contribution in [0.15, 0.2) is 0 Å². The van der Waals surface area contributed by atoms with Crippen LogP contribution in [0, 0.1) is 0 Å². The number of hydrogen-bond acceptors (Lipinski definition) is 29. The Hall–Kier alpha value is -2.14. The second-order valence-electron chi connectivity index (χ2n) is 18.2. The van der Waals surface area contributed by atoms with Gasteiger partial charge in [-0.1, -0.05) is 0 Å². The minimum atomic E-state index is -2.25. The van der Waals surface area contributed by atoms with Gasteiger partial charge in [-0.3, -0.25) is 9.59 Å². The molecular formula is C40H68N2O29. The second-order valence-corrected chi connectivity index (χ2v) is 18.2. The lowest BCUT2D eigenvalue weighted by molar-refractivity contribution is -0.393. The van der Waals surface area contributed by atoms with Crippen LogP contribution in [-0.2, 0) is 61.7 Å². The topological polar surface area (TPSA) is 483 Å². The van der Waals surface area contributed by atoms with E-state index in [9.17, 15) is 91.3 Å². The van der Waals surface area contributed by atoms with Crippen molar-refractivity contribution in [2.45, 2.75) is 212 Å². The van der Waals surface area contributed by atoms with Crippen molar-refractivity contribution in [3.05, 3.63) is 0 Å². The molecule has 0 spiro atoms. The van der Waals surface area contributed by atoms with Crippen LogP contribution in [0.4, 0.5) is 0 Å². The fourth-order valence-corrected chi connectivity index (χ4v) is 9.19. The van der Waals surface area contributed by atoms with E-state index in [1.54, 1.807) is 0 Å². The summed E-state index contributed by atoms with van der Waals surface area (Å²) in [5, 5.41) is 177. The summed E-state index contributed by atoms with van der Waals surface area (Å²) in [4.78, 5) is 25.4. The number of hydrogen-bond donors (Lipinski definition) is 18. The van der Waals surface area contributed by atoms with Gasteiger partial charge in [-0.25, -0.2) is 0 Å². The van der Waals surface area contributed by atoms with Gasteiger partial charge in [-0.2, -0.15) is 0 Å². The molecular weight excluding hydrogens is 972 g/mol. The van der Waals surface area contributed by atoms with Crippen LogP contribution in [0.25, 0.3) is 0 Å². The number of rotatable bonds is 16. The number of aliphatic hydroxyl groups is 16. The van der Waals surface area contributed by atoms with Gasteiger partial charge in [-0.05, 0) is 13.8 Å². The van der Waals surface area contributed by atoms with Gasteiger partial charge in [-0.15, -0.1) is 0 Å². The Bertz CT molecular complexity index is 1710. The molecule has 18 N–H and O–H groups in total. The predicted molar refractivity (Wildman–Crippen MR) is 220 cm³/mol. The Labute approximate surface area is 403 Å². The van der Waals surface area contributed by atoms with E-state index >= 15 is 0 Å². The van der Waals surface area contributed by atoms with E-state index in [2.05, 4.69) is 10.6 Å². The number of aliphatic hydroxyl groups excluding tert-OH is 16. The fourth-order valence-electron chi connectivity index (χ4n) is 9.19. The Morgan fingerprint density at radius 1 is 0.366 bits per heavy atom. The van der Waals surface area contributed by atoms with E-state index in [0.29, 0.717) is 0 Å². The average molecular weight is 1040 g/mol. The summed E-state index contributed by atoms with van der Waals surface area (Å²) in [6, 6.07) is -3.45. The number of carbonyl (C=O) groups excluding carboxylic acids is 2. The van der Waals surface area contributed by atoms with Crippen molar-refractivity contribution in [2.24, 2.45) is 0 Å². The third-order valence-electron chi connectivity index (χ3n) is 13.2. The van der Waals surface area contributed by atoms with Crippen LogP contribution >= 0.6 is 0 Å². The zero-order valence-corrected chi connectivity index (χ0v) is 38.6. The fraction of sp³-hybridized carbons (Fsp3) is 0.950. The molecule has 30 atom stereocenters. The molecule has 0 aromatic carbocycles. The molecule has 0 bridgehead atoms. The van der Waals surface area contributed by atoms with E-state index in [1.165, 1.54) is 13.8 Å². The third kappa shape index (κ3) is 12.4. The van der Waals surface area contributed by atoms with Crippen LogP contribution in [0.3, 0.4) is 0 Å². The first-order chi connectivity index (χ1) is 33.5. The highest BCUT2D eigenvalue weighted by Gasteiger charge is 2.59. The molecule has 6 saturated heterocycles. The molecule has 0 saturated carbocycles. The van der Waals surface area contributed by atoms with Crippen LogP contribution in [0.1, 0.15) is 27.7 Å². The van der Waals surface area contributed by atoms with E-state index in [-0.39, 0.29) is 0 Å². The maximum Gasteiger partial charge on any atom is 0.217 e. The van der Waals surface area contributed by atoms with E-state index in [1.807, 2.05) is 0 Å². The summed E-state index contributed by atoms with van der Waals surface area (Å²) in [5.74, 6) is -1.64. The number of amides is 2. The molecule has 31 heteroatoms. The normalized spacial score (nSPS) is 50.8. The summed E-state index contributed by atoms with van der Waals surface area (Å²) < 4.78 is 64.6. The molecule has 6 aliphatic heterocycles. The summed E-state index contributed by atoms with van der Waals surface area (Å²) in [5.41, 5.74) is 0. The van der Waals surface area contributed by atoms with Crippen molar-refractivity contribution in [3.63, 3.8) is 0 Å². The highest BCUT2D eigenvalue weighted by molar-refractivity contribution is 5.73. The van der Waals surface area contributed by atoms with Crippen LogP contribution < -0.4 is 10.6 Å². The molecule has 71 heavy (non-hydrogen) atoms. The standard InChI is InChI=1S/C40H68N2O29/c1-9-19(49)23(53)26(56)37(61-9)69-32-17(41-11(3)47)35(60)63-15(7-45)30(32)68-40-29(59)34(22(52)14(6-44)65-40)71-36-18(42-12(4)48)33(70-38-27(57)24(54)20(50)10(2)62-38)31(16(8-46)66-36)67-39-28(58)25(55)21(51)13(5-43)64-39/h9-10,13-40,43-46,49-60H,5-8H2,1-4H3,(H,41,47)(H,42,48)/t9?,10?,13?,14?,15?,16?,17?,18?,19-,20-,21+,22+,23+,24+,25+,26?,27?,28?,29?,30-,31-,32-,33-,34+,35-,36+,37+,38+,39+,40+/m1/s1. The lowest BCUT2D eigenvalue weighted by Gasteiger charge is -2.52. The van der Waals surface area contributed by atoms with E-state index in [0.717, 1.165) is 13.8 Å². The van der Waals surface area contributed by atoms with Gasteiger partial charge in [0.05, 0.1) is 38.6 Å². The number of carbonyl (C=O) groups is 2. The lowest BCUT2D eigenvalue weighted by atomic mass is 9.93. The second kappa shape index (κ2) is 24.7. The predicted octanol–water partition coefficient (Wildman–Crippen LogP) is -11.8. The average Bonchev–Trinajstić information content (AvgIpc) is 3.33. The summed E-state index contributed by atoms with van der Waals surface area (Å²) >= 11 is 0. The van der Waals surface area contributed by atoms with Crippen molar-refractivity contribution >= 4 is 11.8 Å². The van der Waals surface area contributed by atoms with Gasteiger partial charge >= 0.3 is 0 Å². The Balaban J connectivity index is 1.35. The van der Waals surface area contributed by atoms with Crippen LogP contribution in [0.5, 0.6) is 0 Å². The van der Waals surface area contributed by atoms with E-state index in [4.69, 9.17) is 52.1 Å². The molecule has 0 aromatic heterocycles.